The van der Waals surface area contributed by atoms with E-state index < -0.39 is 0 Å². The second-order valence-corrected chi connectivity index (χ2v) is 6.31. The first-order valence-electron chi connectivity index (χ1n) is 8.36. The van der Waals surface area contributed by atoms with Gasteiger partial charge < -0.3 is 11.1 Å². The van der Waals surface area contributed by atoms with E-state index in [-0.39, 0.29) is 6.03 Å². The fraction of sp³-hybridized carbons (Fsp3) is 0.0952. The molecule has 3 aromatic rings. The molecular formula is C21H20ClN3O. The maximum absolute atomic E-state index is 12.8. The summed E-state index contributed by atoms with van der Waals surface area (Å²) < 4.78 is 0. The summed E-state index contributed by atoms with van der Waals surface area (Å²) in [6.45, 7) is 0.527. The van der Waals surface area contributed by atoms with Crippen molar-refractivity contribution in [3.05, 3.63) is 89.4 Å². The number of amides is 2. The van der Waals surface area contributed by atoms with Gasteiger partial charge in [0, 0.05) is 17.3 Å². The van der Waals surface area contributed by atoms with Crippen molar-refractivity contribution in [1.29, 1.82) is 0 Å². The van der Waals surface area contributed by atoms with Gasteiger partial charge in [0.1, 0.15) is 0 Å². The van der Waals surface area contributed by atoms with Gasteiger partial charge in [-0.2, -0.15) is 0 Å². The largest absolute Gasteiger partial charge is 0.399 e. The van der Waals surface area contributed by atoms with Crippen molar-refractivity contribution in [2.75, 3.05) is 17.2 Å². The number of hydrogen-bond acceptors (Lipinski definition) is 2. The van der Waals surface area contributed by atoms with Crippen LogP contribution in [-0.2, 0) is 6.42 Å². The number of hydrogen-bond donors (Lipinski definition) is 2. The van der Waals surface area contributed by atoms with Crippen LogP contribution in [0, 0.1) is 0 Å². The number of nitrogens with zero attached hydrogens (tertiary/aromatic N) is 1. The van der Waals surface area contributed by atoms with Gasteiger partial charge in [0.05, 0.1) is 11.4 Å². The van der Waals surface area contributed by atoms with Gasteiger partial charge in [-0.25, -0.2) is 4.79 Å². The van der Waals surface area contributed by atoms with E-state index in [0.29, 0.717) is 17.3 Å². The third-order valence-electron chi connectivity index (χ3n) is 3.97. The maximum Gasteiger partial charge on any atom is 0.326 e. The van der Waals surface area contributed by atoms with Gasteiger partial charge in [0.15, 0.2) is 0 Å². The Bertz CT molecular complexity index is 849. The quantitative estimate of drug-likeness (QED) is 0.624. The normalized spacial score (nSPS) is 10.3. The standard InChI is InChI=1S/C21H20ClN3O/c22-17-8-6-16(7-9-17)14-15-24-21(26)25(19-4-2-1-3-5-19)20-12-10-18(23)11-13-20/h1-13H,14-15,23H2,(H,24,26). The number of carbonyl (C=O) groups excluding carboxylic acids is 1. The van der Waals surface area contributed by atoms with Crippen LogP contribution < -0.4 is 16.0 Å². The molecule has 0 spiro atoms. The van der Waals surface area contributed by atoms with E-state index in [1.807, 2.05) is 66.7 Å². The molecule has 0 aromatic heterocycles. The fourth-order valence-corrected chi connectivity index (χ4v) is 2.75. The van der Waals surface area contributed by atoms with Crippen molar-refractivity contribution in [3.8, 4) is 0 Å². The van der Waals surface area contributed by atoms with Crippen LogP contribution in [0.4, 0.5) is 21.9 Å². The van der Waals surface area contributed by atoms with Crippen molar-refractivity contribution in [1.82, 2.24) is 5.32 Å². The van der Waals surface area contributed by atoms with Crippen LogP contribution >= 0.6 is 11.6 Å². The number of rotatable bonds is 5. The maximum atomic E-state index is 12.8. The first kappa shape index (κ1) is 17.8. The summed E-state index contributed by atoms with van der Waals surface area (Å²) in [5.74, 6) is 0. The zero-order valence-electron chi connectivity index (χ0n) is 14.2. The van der Waals surface area contributed by atoms with Crippen LogP contribution in [0.5, 0.6) is 0 Å². The number of nitrogens with two attached hydrogens (primary N) is 1. The number of carbonyl (C=O) groups is 1. The van der Waals surface area contributed by atoms with E-state index in [0.717, 1.165) is 23.4 Å². The molecule has 0 aliphatic heterocycles. The van der Waals surface area contributed by atoms with Gasteiger partial charge in [0.2, 0.25) is 0 Å². The topological polar surface area (TPSA) is 58.4 Å². The summed E-state index contributed by atoms with van der Waals surface area (Å²) in [4.78, 5) is 14.5. The number of para-hydroxylation sites is 1. The van der Waals surface area contributed by atoms with E-state index in [4.69, 9.17) is 17.3 Å². The SMILES string of the molecule is Nc1ccc(N(C(=O)NCCc2ccc(Cl)cc2)c2ccccc2)cc1. The van der Waals surface area contributed by atoms with Gasteiger partial charge >= 0.3 is 6.03 Å². The van der Waals surface area contributed by atoms with Crippen molar-refractivity contribution >= 4 is 34.7 Å². The molecule has 0 aliphatic carbocycles. The highest BCUT2D eigenvalue weighted by atomic mass is 35.5. The zero-order chi connectivity index (χ0) is 18.4. The van der Waals surface area contributed by atoms with Gasteiger partial charge in [0.25, 0.3) is 0 Å². The van der Waals surface area contributed by atoms with Crippen LogP contribution in [0.25, 0.3) is 0 Å². The number of anilines is 3. The molecule has 0 heterocycles. The summed E-state index contributed by atoms with van der Waals surface area (Å²) >= 11 is 5.90. The Hall–Kier alpha value is -2.98. The smallest absolute Gasteiger partial charge is 0.326 e. The lowest BCUT2D eigenvalue weighted by molar-refractivity contribution is 0.248. The predicted molar refractivity (Wildman–Crippen MR) is 108 cm³/mol. The summed E-state index contributed by atoms with van der Waals surface area (Å²) in [5, 5.41) is 3.69. The molecule has 4 nitrogen and oxygen atoms in total. The first-order valence-corrected chi connectivity index (χ1v) is 8.74. The molecule has 3 rings (SSSR count). The third kappa shape index (κ3) is 4.55. The average Bonchev–Trinajstić information content (AvgIpc) is 2.66. The van der Waals surface area contributed by atoms with Gasteiger partial charge in [-0.3, -0.25) is 4.90 Å². The summed E-state index contributed by atoms with van der Waals surface area (Å²) in [6, 6.07) is 24.2. The predicted octanol–water partition coefficient (Wildman–Crippen LogP) is 5.01. The number of urea groups is 1. The molecule has 2 amide bonds. The van der Waals surface area contributed by atoms with E-state index in [9.17, 15) is 4.79 Å². The number of nitrogens with one attached hydrogen (secondary N) is 1. The molecule has 26 heavy (non-hydrogen) atoms. The van der Waals surface area contributed by atoms with E-state index in [1.54, 1.807) is 17.0 Å². The summed E-state index contributed by atoms with van der Waals surface area (Å²) in [7, 11) is 0. The second-order valence-electron chi connectivity index (χ2n) is 5.87. The lowest BCUT2D eigenvalue weighted by Crippen LogP contribution is -2.37. The molecule has 3 aromatic carbocycles. The Balaban J connectivity index is 1.72. The Morgan fingerprint density at radius 1 is 0.885 bits per heavy atom. The van der Waals surface area contributed by atoms with Crippen LogP contribution in [0.2, 0.25) is 5.02 Å². The third-order valence-corrected chi connectivity index (χ3v) is 4.22. The Morgan fingerprint density at radius 3 is 2.15 bits per heavy atom. The minimum Gasteiger partial charge on any atom is -0.399 e. The van der Waals surface area contributed by atoms with Gasteiger partial charge in [-0.15, -0.1) is 0 Å². The highest BCUT2D eigenvalue weighted by Gasteiger charge is 2.17. The van der Waals surface area contributed by atoms with Crippen LogP contribution in [0.3, 0.4) is 0 Å². The van der Waals surface area contributed by atoms with Crippen LogP contribution in [-0.4, -0.2) is 12.6 Å². The fourth-order valence-electron chi connectivity index (χ4n) is 2.63. The molecule has 5 heteroatoms. The monoisotopic (exact) mass is 365 g/mol. The minimum atomic E-state index is -0.185. The molecule has 0 saturated carbocycles. The van der Waals surface area contributed by atoms with Gasteiger partial charge in [-0.1, -0.05) is 41.9 Å². The minimum absolute atomic E-state index is 0.185. The number of halogens is 1. The van der Waals surface area contributed by atoms with E-state index >= 15 is 0 Å². The molecule has 0 aliphatic rings. The highest BCUT2D eigenvalue weighted by molar-refractivity contribution is 6.30. The zero-order valence-corrected chi connectivity index (χ0v) is 15.0. The van der Waals surface area contributed by atoms with Crippen molar-refractivity contribution in [3.63, 3.8) is 0 Å². The van der Waals surface area contributed by atoms with Crippen molar-refractivity contribution in [2.45, 2.75) is 6.42 Å². The molecule has 3 N–H and O–H groups in total. The van der Waals surface area contributed by atoms with Crippen molar-refractivity contribution in [2.24, 2.45) is 0 Å². The van der Waals surface area contributed by atoms with Crippen molar-refractivity contribution < 1.29 is 4.79 Å². The summed E-state index contributed by atoms with van der Waals surface area (Å²) in [5.41, 5.74) is 9.10. The molecular weight excluding hydrogens is 346 g/mol. The van der Waals surface area contributed by atoms with E-state index in [1.165, 1.54) is 0 Å². The average molecular weight is 366 g/mol. The molecule has 0 bridgehead atoms. The Kier molecular flexibility index (Phi) is 5.77. The number of nitrogen functional groups attached to an aromatic ring is 1. The lowest BCUT2D eigenvalue weighted by Gasteiger charge is -2.23. The first-order chi connectivity index (χ1) is 12.6. The summed E-state index contributed by atoms with van der Waals surface area (Å²) in [6.07, 6.45) is 0.729. The molecule has 0 fully saturated rings. The number of benzene rings is 3. The molecule has 0 unspecified atom stereocenters. The van der Waals surface area contributed by atoms with Crippen LogP contribution in [0.1, 0.15) is 5.56 Å². The highest BCUT2D eigenvalue weighted by Crippen LogP contribution is 2.26. The lowest BCUT2D eigenvalue weighted by atomic mass is 10.1. The van der Waals surface area contributed by atoms with Gasteiger partial charge in [-0.05, 0) is 60.5 Å². The van der Waals surface area contributed by atoms with Crippen LogP contribution in [0.15, 0.2) is 78.9 Å². The Morgan fingerprint density at radius 2 is 1.50 bits per heavy atom. The van der Waals surface area contributed by atoms with E-state index in [2.05, 4.69) is 5.32 Å². The Labute approximate surface area is 158 Å². The molecule has 0 radical (unpaired) electrons. The molecule has 0 saturated heterocycles. The molecule has 132 valence electrons. The molecule has 0 atom stereocenters. The second kappa shape index (κ2) is 8.41.